The van der Waals surface area contributed by atoms with Crippen LogP contribution < -0.4 is 0 Å². The van der Waals surface area contributed by atoms with Gasteiger partial charge in [-0.1, -0.05) is 60.1 Å². The average Bonchev–Trinajstić information content (AvgIpc) is 2.93. The fourth-order valence-electron chi connectivity index (χ4n) is 11.8. The highest BCUT2D eigenvalue weighted by Gasteiger charge is 2.68. The van der Waals surface area contributed by atoms with Crippen LogP contribution in [-0.2, 0) is 9.59 Å². The van der Waals surface area contributed by atoms with E-state index in [1.807, 2.05) is 6.08 Å². The monoisotopic (exact) mass is 587 g/mol. The van der Waals surface area contributed by atoms with Gasteiger partial charge in [0.25, 0.3) is 5.69 Å². The molecule has 232 valence electrons. The van der Waals surface area contributed by atoms with Crippen molar-refractivity contribution in [3.8, 4) is 0 Å². The first kappa shape index (κ1) is 30.3. The molecule has 0 saturated heterocycles. The zero-order chi connectivity index (χ0) is 31.3. The van der Waals surface area contributed by atoms with E-state index in [4.69, 9.17) is 0 Å². The first-order chi connectivity index (χ1) is 20.1. The van der Waals surface area contributed by atoms with E-state index in [0.29, 0.717) is 23.7 Å². The topological polar surface area (TPSA) is 97.5 Å². The van der Waals surface area contributed by atoms with Crippen LogP contribution >= 0.6 is 0 Å². The van der Waals surface area contributed by atoms with Gasteiger partial charge in [-0.15, -0.1) is 0 Å². The number of nitrogens with zero attached hydrogens (tertiary/aromatic N) is 1. The summed E-state index contributed by atoms with van der Waals surface area (Å²) in [6, 6.07) is 6.52. The zero-order valence-corrected chi connectivity index (χ0v) is 27.0. The Balaban J connectivity index is 1.41. The minimum atomic E-state index is -0.618. The van der Waals surface area contributed by atoms with E-state index in [1.165, 1.54) is 12.1 Å². The molecule has 0 bridgehead atoms. The summed E-state index contributed by atoms with van der Waals surface area (Å²) >= 11 is 0. The number of rotatable bonds is 3. The molecule has 0 radical (unpaired) electrons. The van der Waals surface area contributed by atoms with Crippen molar-refractivity contribution in [3.05, 3.63) is 57.2 Å². The van der Waals surface area contributed by atoms with Crippen molar-refractivity contribution in [1.82, 2.24) is 0 Å². The van der Waals surface area contributed by atoms with E-state index < -0.39 is 16.3 Å². The van der Waals surface area contributed by atoms with Crippen LogP contribution in [0.4, 0.5) is 5.69 Å². The summed E-state index contributed by atoms with van der Waals surface area (Å²) in [4.78, 5) is 37.2. The largest absolute Gasteiger partial charge is 0.481 e. The van der Waals surface area contributed by atoms with Gasteiger partial charge in [0.05, 0.1) is 10.8 Å². The van der Waals surface area contributed by atoms with E-state index in [9.17, 15) is 24.8 Å². The lowest BCUT2D eigenvalue weighted by Gasteiger charge is -2.70. The number of carbonyl (C=O) groups is 2. The lowest BCUT2D eigenvalue weighted by Crippen LogP contribution is -2.64. The van der Waals surface area contributed by atoms with Gasteiger partial charge in [0.15, 0.2) is 5.78 Å². The number of hydrogen-bond acceptors (Lipinski definition) is 4. The van der Waals surface area contributed by atoms with E-state index >= 15 is 0 Å². The number of carboxylic acid groups (broad SMARTS) is 1. The highest BCUT2D eigenvalue weighted by atomic mass is 16.6. The van der Waals surface area contributed by atoms with Crippen molar-refractivity contribution >= 4 is 23.5 Å². The van der Waals surface area contributed by atoms with Gasteiger partial charge in [-0.2, -0.15) is 0 Å². The number of aliphatic carboxylic acids is 1. The van der Waals surface area contributed by atoms with Gasteiger partial charge in [-0.3, -0.25) is 19.7 Å². The quantitative estimate of drug-likeness (QED) is 0.165. The number of allylic oxidation sites excluding steroid dienone is 3. The third-order valence-electron chi connectivity index (χ3n) is 14.3. The molecule has 4 saturated carbocycles. The number of ketones is 1. The Hall–Kier alpha value is -2.76. The standard InChI is InChI=1S/C37H49NO5/c1-21-18-27(33(40)41)26-14-16-36(6)28(31(26)22(21)2)12-13-30-35(5)20-24(19-23-8-10-25(11-9-23)38(42)43)32(39)34(3,4)29(35)15-17-37(30,36)7/h8-12,19,21-22,26-27,29-31H,13-18,20H2,1-7H3,(H,40,41)/b24-19-/t21-,22+,26?,27-,29?,30?,31?,35+,36-,37-/m1/s1. The molecule has 4 unspecified atom stereocenters. The maximum absolute atomic E-state index is 14.0. The molecular weight excluding hydrogens is 538 g/mol. The molecule has 6 rings (SSSR count). The smallest absolute Gasteiger partial charge is 0.306 e. The molecule has 1 aromatic rings. The van der Waals surface area contributed by atoms with Gasteiger partial charge in [-0.25, -0.2) is 0 Å². The fourth-order valence-corrected chi connectivity index (χ4v) is 11.8. The summed E-state index contributed by atoms with van der Waals surface area (Å²) < 4.78 is 0. The molecule has 0 amide bonds. The Morgan fingerprint density at radius 2 is 1.70 bits per heavy atom. The number of nitro benzene ring substituents is 1. The summed E-state index contributed by atoms with van der Waals surface area (Å²) in [6.45, 7) is 16.4. The van der Waals surface area contributed by atoms with Crippen LogP contribution in [0.3, 0.4) is 0 Å². The second kappa shape index (κ2) is 9.87. The SMILES string of the molecule is C[C@@H]1C[C@@H](C(=O)O)C2CC[C@]3(C)C(=CCC4[C@@]5(C)C/C(=C/c6ccc([N+](=O)[O-])cc6)C(=O)C(C)(C)C5CC[C@]43C)C2[C@H]1C. The second-order valence-electron chi connectivity index (χ2n) is 16.3. The molecule has 1 aromatic carbocycles. The number of non-ortho nitro benzene ring substituents is 1. The first-order valence-corrected chi connectivity index (χ1v) is 16.5. The number of carboxylic acids is 1. The molecule has 0 aliphatic heterocycles. The Labute approximate surface area is 256 Å². The molecule has 1 N–H and O–H groups in total. The summed E-state index contributed by atoms with van der Waals surface area (Å²) in [5.41, 5.74) is 2.76. The predicted molar refractivity (Wildman–Crippen MR) is 168 cm³/mol. The van der Waals surface area contributed by atoms with Crippen LogP contribution in [0, 0.1) is 73.2 Å². The van der Waals surface area contributed by atoms with Crippen LogP contribution in [0.2, 0.25) is 0 Å². The number of fused-ring (bicyclic) bond motifs is 7. The molecule has 4 fully saturated rings. The summed E-state index contributed by atoms with van der Waals surface area (Å²) in [5, 5.41) is 21.4. The molecule has 10 atom stereocenters. The molecule has 6 heteroatoms. The normalized spacial score (nSPS) is 44.3. The molecule has 43 heavy (non-hydrogen) atoms. The minimum Gasteiger partial charge on any atom is -0.481 e. The molecule has 6 nitrogen and oxygen atoms in total. The predicted octanol–water partition coefficient (Wildman–Crippen LogP) is 8.76. The van der Waals surface area contributed by atoms with Crippen molar-refractivity contribution in [3.63, 3.8) is 0 Å². The van der Waals surface area contributed by atoms with Gasteiger partial charge < -0.3 is 5.11 Å². The van der Waals surface area contributed by atoms with E-state index in [2.05, 4.69) is 54.5 Å². The van der Waals surface area contributed by atoms with E-state index in [0.717, 1.165) is 56.1 Å². The van der Waals surface area contributed by atoms with Crippen molar-refractivity contribution in [2.24, 2.45) is 63.1 Å². The molecule has 5 aliphatic carbocycles. The number of nitro groups is 1. The summed E-state index contributed by atoms with van der Waals surface area (Å²) in [6.07, 6.45) is 11.1. The highest BCUT2D eigenvalue weighted by molar-refractivity contribution is 6.04. The minimum absolute atomic E-state index is 0.00722. The van der Waals surface area contributed by atoms with Gasteiger partial charge in [-0.05, 0) is 126 Å². The number of Topliss-reactive ketones (excluding diaryl/α,β-unsaturated/α-hetero) is 1. The van der Waals surface area contributed by atoms with Gasteiger partial charge >= 0.3 is 5.97 Å². The van der Waals surface area contributed by atoms with Crippen LogP contribution in [0.5, 0.6) is 0 Å². The Bertz CT molecular complexity index is 1420. The maximum atomic E-state index is 14.0. The fraction of sp³-hybridized carbons (Fsp3) is 0.676. The third-order valence-corrected chi connectivity index (χ3v) is 14.3. The number of hydrogen-bond donors (Lipinski definition) is 1. The van der Waals surface area contributed by atoms with Crippen LogP contribution in [0.15, 0.2) is 41.5 Å². The summed E-state index contributed by atoms with van der Waals surface area (Å²) in [5.74, 6) is 1.43. The first-order valence-electron chi connectivity index (χ1n) is 16.5. The van der Waals surface area contributed by atoms with Crippen LogP contribution in [-0.4, -0.2) is 21.8 Å². The lowest BCUT2D eigenvalue weighted by atomic mass is 9.34. The van der Waals surface area contributed by atoms with Gasteiger partial charge in [0, 0.05) is 17.5 Å². The highest BCUT2D eigenvalue weighted by Crippen LogP contribution is 2.74. The van der Waals surface area contributed by atoms with Crippen molar-refractivity contribution in [1.29, 1.82) is 0 Å². The van der Waals surface area contributed by atoms with Crippen molar-refractivity contribution in [2.75, 3.05) is 0 Å². The van der Waals surface area contributed by atoms with Crippen molar-refractivity contribution in [2.45, 2.75) is 93.4 Å². The molecule has 5 aliphatic rings. The second-order valence-corrected chi connectivity index (χ2v) is 16.3. The van der Waals surface area contributed by atoms with Crippen molar-refractivity contribution < 1.29 is 19.6 Å². The Kier molecular flexibility index (Phi) is 6.95. The van der Waals surface area contributed by atoms with Crippen LogP contribution in [0.1, 0.15) is 99.0 Å². The van der Waals surface area contributed by atoms with E-state index in [1.54, 1.807) is 17.7 Å². The lowest BCUT2D eigenvalue weighted by molar-refractivity contribution is -0.384. The molecule has 0 heterocycles. The van der Waals surface area contributed by atoms with Crippen LogP contribution in [0.25, 0.3) is 6.08 Å². The molecular formula is C37H49NO5. The summed E-state index contributed by atoms with van der Waals surface area (Å²) in [7, 11) is 0. The van der Waals surface area contributed by atoms with Gasteiger partial charge in [0.1, 0.15) is 0 Å². The number of carbonyl (C=O) groups excluding carboxylic acids is 1. The Morgan fingerprint density at radius 3 is 2.33 bits per heavy atom. The average molecular weight is 588 g/mol. The third kappa shape index (κ3) is 4.17. The van der Waals surface area contributed by atoms with E-state index in [-0.39, 0.29) is 45.5 Å². The van der Waals surface area contributed by atoms with Gasteiger partial charge in [0.2, 0.25) is 0 Å². The molecule has 0 aromatic heterocycles. The zero-order valence-electron chi connectivity index (χ0n) is 27.0. The molecule has 0 spiro atoms. The maximum Gasteiger partial charge on any atom is 0.306 e. The Morgan fingerprint density at radius 1 is 1.02 bits per heavy atom. The number of benzene rings is 1.